The molecule has 6 nitrogen and oxygen atoms in total. The summed E-state index contributed by atoms with van der Waals surface area (Å²) in [6.07, 6.45) is 2.71. The predicted molar refractivity (Wildman–Crippen MR) is 100 cm³/mol. The fourth-order valence-electron chi connectivity index (χ4n) is 3.44. The molecule has 1 aromatic heterocycles. The molecule has 130 valence electrons. The molecule has 0 saturated heterocycles. The molecule has 0 saturated carbocycles. The van der Waals surface area contributed by atoms with E-state index in [9.17, 15) is 4.79 Å². The molecule has 0 amide bonds. The first kappa shape index (κ1) is 17.0. The molecule has 0 atom stereocenters. The van der Waals surface area contributed by atoms with E-state index in [4.69, 9.17) is 11.5 Å². The second-order valence-electron chi connectivity index (χ2n) is 7.23. The molecule has 2 aromatic rings. The van der Waals surface area contributed by atoms with Gasteiger partial charge in [0.25, 0.3) is 0 Å². The van der Waals surface area contributed by atoms with E-state index in [-0.39, 0.29) is 11.2 Å². The smallest absolute Gasteiger partial charge is 0.167 e. The summed E-state index contributed by atoms with van der Waals surface area (Å²) < 4.78 is 1.82. The third-order valence-corrected chi connectivity index (χ3v) is 4.51. The molecule has 1 heterocycles. The standard InChI is InChI=1S/C19H23N5O/c1-5-22-18(21)13-7-6-12(8-14(13)20)24-15-9-19(3,4)10-16(25)17(15)11(2)23-24/h5-8H,1,9-10,20H2,2-4H3,(H2,21,22). The summed E-state index contributed by atoms with van der Waals surface area (Å²) in [5.74, 6) is 0.469. The lowest BCUT2D eigenvalue weighted by Gasteiger charge is -2.29. The first-order chi connectivity index (χ1) is 11.7. The highest BCUT2D eigenvalue weighted by molar-refractivity contribution is 6.02. The van der Waals surface area contributed by atoms with Crippen LogP contribution in [0.1, 0.15) is 47.6 Å². The first-order valence-electron chi connectivity index (χ1n) is 8.19. The minimum Gasteiger partial charge on any atom is -0.398 e. The van der Waals surface area contributed by atoms with Crippen molar-refractivity contribution in [2.45, 2.75) is 33.6 Å². The molecule has 0 aliphatic heterocycles. The molecule has 1 aliphatic carbocycles. The summed E-state index contributed by atoms with van der Waals surface area (Å²) in [6, 6.07) is 5.50. The Bertz CT molecular complexity index is 905. The van der Waals surface area contributed by atoms with E-state index in [0.29, 0.717) is 23.5 Å². The number of Topliss-reactive ketones (excluding diaryl/α,β-unsaturated/α-hetero) is 1. The van der Waals surface area contributed by atoms with E-state index in [0.717, 1.165) is 29.1 Å². The summed E-state index contributed by atoms with van der Waals surface area (Å²) in [4.78, 5) is 16.5. The number of hydrogen-bond acceptors (Lipinski definition) is 4. The zero-order valence-corrected chi connectivity index (χ0v) is 14.8. The van der Waals surface area contributed by atoms with Crippen molar-refractivity contribution in [1.29, 1.82) is 0 Å². The lowest BCUT2D eigenvalue weighted by molar-refractivity contribution is 0.0910. The number of benzene rings is 1. The maximum Gasteiger partial charge on any atom is 0.167 e. The number of carbonyl (C=O) groups is 1. The van der Waals surface area contributed by atoms with Gasteiger partial charge < -0.3 is 11.5 Å². The molecule has 0 bridgehead atoms. The van der Waals surface area contributed by atoms with Crippen molar-refractivity contribution in [2.24, 2.45) is 16.1 Å². The lowest BCUT2D eigenvalue weighted by atomic mass is 9.75. The number of hydrogen-bond donors (Lipinski definition) is 2. The Morgan fingerprint density at radius 3 is 2.76 bits per heavy atom. The van der Waals surface area contributed by atoms with E-state index >= 15 is 0 Å². The van der Waals surface area contributed by atoms with Crippen LogP contribution in [-0.4, -0.2) is 21.4 Å². The van der Waals surface area contributed by atoms with Gasteiger partial charge >= 0.3 is 0 Å². The quantitative estimate of drug-likeness (QED) is 0.511. The second-order valence-corrected chi connectivity index (χ2v) is 7.23. The maximum absolute atomic E-state index is 12.5. The number of aromatic nitrogens is 2. The number of nitrogens with zero attached hydrogens (tertiary/aromatic N) is 3. The number of ketones is 1. The third-order valence-electron chi connectivity index (χ3n) is 4.51. The minimum atomic E-state index is -0.0825. The number of aliphatic imine (C=N–C) groups is 1. The van der Waals surface area contributed by atoms with Crippen LogP contribution in [0, 0.1) is 12.3 Å². The number of aryl methyl sites for hydroxylation is 1. The molecule has 0 radical (unpaired) electrons. The molecule has 3 rings (SSSR count). The Morgan fingerprint density at radius 1 is 1.40 bits per heavy atom. The summed E-state index contributed by atoms with van der Waals surface area (Å²) in [6.45, 7) is 9.61. The molecule has 1 aromatic carbocycles. The fourth-order valence-corrected chi connectivity index (χ4v) is 3.44. The molecule has 0 spiro atoms. The van der Waals surface area contributed by atoms with Crippen molar-refractivity contribution < 1.29 is 4.79 Å². The normalized spacial score (nSPS) is 16.6. The Morgan fingerprint density at radius 2 is 2.12 bits per heavy atom. The summed E-state index contributed by atoms with van der Waals surface area (Å²) in [5, 5.41) is 4.59. The molecule has 1 aliphatic rings. The lowest BCUT2D eigenvalue weighted by Crippen LogP contribution is -2.28. The van der Waals surface area contributed by atoms with Gasteiger partial charge in [0.05, 0.1) is 22.6 Å². The Labute approximate surface area is 147 Å². The van der Waals surface area contributed by atoms with Crippen LogP contribution in [0.15, 0.2) is 36.0 Å². The maximum atomic E-state index is 12.5. The fraction of sp³-hybridized carbons (Fsp3) is 0.316. The Hall–Kier alpha value is -2.89. The number of nitrogen functional groups attached to an aromatic ring is 1. The predicted octanol–water partition coefficient (Wildman–Crippen LogP) is 2.77. The van der Waals surface area contributed by atoms with Gasteiger partial charge in [0.15, 0.2) is 5.78 Å². The number of nitrogens with two attached hydrogens (primary N) is 2. The van der Waals surface area contributed by atoms with E-state index in [2.05, 4.69) is 30.5 Å². The summed E-state index contributed by atoms with van der Waals surface area (Å²) in [7, 11) is 0. The molecule has 6 heteroatoms. The van der Waals surface area contributed by atoms with Crippen LogP contribution in [0.4, 0.5) is 5.69 Å². The number of fused-ring (bicyclic) bond motifs is 1. The minimum absolute atomic E-state index is 0.0825. The summed E-state index contributed by atoms with van der Waals surface area (Å²) >= 11 is 0. The van der Waals surface area contributed by atoms with E-state index < -0.39 is 0 Å². The molecule has 0 fully saturated rings. The van der Waals surface area contributed by atoms with Crippen LogP contribution in [-0.2, 0) is 6.42 Å². The van der Waals surface area contributed by atoms with Crippen molar-refractivity contribution >= 4 is 17.3 Å². The van der Waals surface area contributed by atoms with Gasteiger partial charge in [-0.3, -0.25) is 4.79 Å². The van der Waals surface area contributed by atoms with Crippen molar-refractivity contribution in [3.63, 3.8) is 0 Å². The van der Waals surface area contributed by atoms with Crippen LogP contribution in [0.25, 0.3) is 5.69 Å². The van der Waals surface area contributed by atoms with Gasteiger partial charge in [0.2, 0.25) is 0 Å². The van der Waals surface area contributed by atoms with Crippen molar-refractivity contribution in [3.05, 3.63) is 53.5 Å². The number of carbonyl (C=O) groups excluding carboxylic acids is 1. The highest BCUT2D eigenvalue weighted by atomic mass is 16.1. The highest BCUT2D eigenvalue weighted by Gasteiger charge is 2.35. The monoisotopic (exact) mass is 337 g/mol. The van der Waals surface area contributed by atoms with Crippen molar-refractivity contribution in [3.8, 4) is 5.69 Å². The Kier molecular flexibility index (Phi) is 3.99. The van der Waals surface area contributed by atoms with Crippen LogP contribution in [0.5, 0.6) is 0 Å². The van der Waals surface area contributed by atoms with Gasteiger partial charge in [0.1, 0.15) is 5.84 Å². The first-order valence-corrected chi connectivity index (χ1v) is 8.19. The van der Waals surface area contributed by atoms with Gasteiger partial charge in [-0.15, -0.1) is 0 Å². The van der Waals surface area contributed by atoms with Crippen LogP contribution < -0.4 is 11.5 Å². The topological polar surface area (TPSA) is 99.3 Å². The average Bonchev–Trinajstić information content (AvgIpc) is 2.82. The van der Waals surface area contributed by atoms with Gasteiger partial charge in [0, 0.05) is 23.9 Å². The van der Waals surface area contributed by atoms with E-state index in [1.54, 1.807) is 6.07 Å². The van der Waals surface area contributed by atoms with Gasteiger partial charge in [-0.05, 0) is 37.0 Å². The number of anilines is 1. The molecular formula is C19H23N5O. The zero-order valence-electron chi connectivity index (χ0n) is 14.8. The van der Waals surface area contributed by atoms with E-state index in [1.165, 1.54) is 6.20 Å². The SMILES string of the molecule is C=CN=C(N)c1ccc(-n2nc(C)c3c2CC(C)(C)CC3=O)cc1N. The van der Waals surface area contributed by atoms with Gasteiger partial charge in [-0.2, -0.15) is 5.10 Å². The van der Waals surface area contributed by atoms with Crippen LogP contribution in [0.2, 0.25) is 0 Å². The second kappa shape index (κ2) is 5.88. The van der Waals surface area contributed by atoms with Gasteiger partial charge in [-0.1, -0.05) is 20.4 Å². The zero-order chi connectivity index (χ0) is 18.4. The third kappa shape index (κ3) is 2.95. The highest BCUT2D eigenvalue weighted by Crippen LogP contribution is 2.37. The van der Waals surface area contributed by atoms with Crippen molar-refractivity contribution in [1.82, 2.24) is 9.78 Å². The molecular weight excluding hydrogens is 314 g/mol. The van der Waals surface area contributed by atoms with Crippen LogP contribution >= 0.6 is 0 Å². The largest absolute Gasteiger partial charge is 0.398 e. The molecule has 4 N–H and O–H groups in total. The van der Waals surface area contributed by atoms with Crippen LogP contribution in [0.3, 0.4) is 0 Å². The number of amidine groups is 1. The van der Waals surface area contributed by atoms with Crippen molar-refractivity contribution in [2.75, 3.05) is 5.73 Å². The average molecular weight is 337 g/mol. The van der Waals surface area contributed by atoms with Gasteiger partial charge in [-0.25, -0.2) is 9.67 Å². The number of rotatable bonds is 3. The molecule has 0 unspecified atom stereocenters. The Balaban J connectivity index is 2.12. The van der Waals surface area contributed by atoms with E-state index in [1.807, 2.05) is 23.7 Å². The molecule has 25 heavy (non-hydrogen) atoms. The summed E-state index contributed by atoms with van der Waals surface area (Å²) in [5.41, 5.74) is 16.4.